The summed E-state index contributed by atoms with van der Waals surface area (Å²) in [5, 5.41) is 2.50. The van der Waals surface area contributed by atoms with Crippen molar-refractivity contribution in [3.05, 3.63) is 89.4 Å². The average molecular weight is 356 g/mol. The molecule has 0 N–H and O–H groups in total. The van der Waals surface area contributed by atoms with Crippen LogP contribution in [0.4, 0.5) is 0 Å². The topological polar surface area (TPSA) is 27.1 Å². The molecule has 0 saturated carbocycles. The van der Waals surface area contributed by atoms with E-state index in [4.69, 9.17) is 4.74 Å². The van der Waals surface area contributed by atoms with Crippen molar-refractivity contribution < 1.29 is 4.74 Å². The van der Waals surface area contributed by atoms with E-state index in [0.717, 1.165) is 30.0 Å². The van der Waals surface area contributed by atoms with Gasteiger partial charge in [0.1, 0.15) is 0 Å². The second kappa shape index (κ2) is 7.28. The summed E-state index contributed by atoms with van der Waals surface area (Å²) in [5.41, 5.74) is 5.86. The van der Waals surface area contributed by atoms with Crippen molar-refractivity contribution in [2.24, 2.45) is 0 Å². The molecular weight excluding hydrogens is 332 g/mol. The Labute approximate surface area is 160 Å². The van der Waals surface area contributed by atoms with E-state index in [1.165, 1.54) is 27.7 Å². The maximum atomic E-state index is 5.57. The molecule has 0 unspecified atom stereocenters. The molecule has 2 aromatic carbocycles. The predicted octanol–water partition coefficient (Wildman–Crippen LogP) is 5.50. The maximum absolute atomic E-state index is 5.57. The molecule has 2 aromatic heterocycles. The van der Waals surface area contributed by atoms with Crippen LogP contribution in [-0.2, 0) is 12.8 Å². The zero-order valence-electron chi connectivity index (χ0n) is 16.1. The van der Waals surface area contributed by atoms with Gasteiger partial charge in [0.05, 0.1) is 12.8 Å². The van der Waals surface area contributed by atoms with E-state index in [0.29, 0.717) is 0 Å². The molecule has 0 bridgehead atoms. The number of nitrogens with zero attached hydrogens (tertiary/aromatic N) is 2. The van der Waals surface area contributed by atoms with E-state index in [-0.39, 0.29) is 0 Å². The molecule has 0 aliphatic carbocycles. The summed E-state index contributed by atoms with van der Waals surface area (Å²) in [6, 6.07) is 21.5. The molecule has 4 rings (SSSR count). The van der Waals surface area contributed by atoms with E-state index in [9.17, 15) is 0 Å². The predicted molar refractivity (Wildman–Crippen MR) is 111 cm³/mol. The zero-order chi connectivity index (χ0) is 18.8. The summed E-state index contributed by atoms with van der Waals surface area (Å²) < 4.78 is 7.84. The van der Waals surface area contributed by atoms with Crippen LogP contribution in [0.5, 0.6) is 5.88 Å². The normalized spacial score (nSPS) is 11.1. The van der Waals surface area contributed by atoms with Gasteiger partial charge in [-0.3, -0.25) is 0 Å². The Bertz CT molecular complexity index is 1090. The number of rotatable bonds is 5. The Morgan fingerprint density at radius 3 is 2.59 bits per heavy atom. The molecule has 0 fully saturated rings. The second-order valence-electron chi connectivity index (χ2n) is 6.80. The highest BCUT2D eigenvalue weighted by atomic mass is 16.5. The lowest BCUT2D eigenvalue weighted by Gasteiger charge is -2.15. The maximum Gasteiger partial charge on any atom is 0.216 e. The number of hydrogen-bond acceptors (Lipinski definition) is 2. The van der Waals surface area contributed by atoms with Gasteiger partial charge in [-0.1, -0.05) is 43.3 Å². The standard InChI is InChI=1S/C24H24N2O/c1-4-18-15-20(24(27-3)25-17(18)2)16-21-11-8-14-26(21)23-13-7-10-19-9-5-6-12-22(19)23/h5-15H,4,16H2,1-3H3. The molecule has 4 aromatic rings. The largest absolute Gasteiger partial charge is 0.481 e. The molecule has 3 nitrogen and oxygen atoms in total. The second-order valence-corrected chi connectivity index (χ2v) is 6.80. The Kier molecular flexibility index (Phi) is 4.68. The average Bonchev–Trinajstić information content (AvgIpc) is 3.16. The van der Waals surface area contributed by atoms with Gasteiger partial charge >= 0.3 is 0 Å². The summed E-state index contributed by atoms with van der Waals surface area (Å²) in [6.45, 7) is 4.21. The van der Waals surface area contributed by atoms with E-state index < -0.39 is 0 Å². The van der Waals surface area contributed by atoms with Crippen molar-refractivity contribution in [2.75, 3.05) is 7.11 Å². The summed E-state index contributed by atoms with van der Waals surface area (Å²) in [6.07, 6.45) is 3.88. The highest BCUT2D eigenvalue weighted by Crippen LogP contribution is 2.27. The number of fused-ring (bicyclic) bond motifs is 1. The molecule has 0 aliphatic heterocycles. The van der Waals surface area contributed by atoms with Gasteiger partial charge in [0, 0.05) is 35.0 Å². The minimum atomic E-state index is 0.718. The monoisotopic (exact) mass is 356 g/mol. The van der Waals surface area contributed by atoms with Crippen molar-refractivity contribution in [3.63, 3.8) is 0 Å². The van der Waals surface area contributed by atoms with Crippen LogP contribution in [-0.4, -0.2) is 16.7 Å². The summed E-state index contributed by atoms with van der Waals surface area (Å²) in [5.74, 6) is 0.718. The Hall–Kier alpha value is -3.07. The first-order chi connectivity index (χ1) is 13.2. The van der Waals surface area contributed by atoms with Crippen molar-refractivity contribution in [2.45, 2.75) is 26.7 Å². The van der Waals surface area contributed by atoms with Gasteiger partial charge in [-0.25, -0.2) is 4.98 Å². The van der Waals surface area contributed by atoms with Crippen LogP contribution in [0.15, 0.2) is 66.9 Å². The third-order valence-electron chi connectivity index (χ3n) is 5.16. The SMILES string of the molecule is CCc1cc(Cc2cccn2-c2cccc3ccccc23)c(OC)nc1C. The highest BCUT2D eigenvalue weighted by molar-refractivity contribution is 5.90. The van der Waals surface area contributed by atoms with Crippen molar-refractivity contribution >= 4 is 10.8 Å². The van der Waals surface area contributed by atoms with Crippen LogP contribution in [0.1, 0.15) is 29.4 Å². The quantitative estimate of drug-likeness (QED) is 0.472. The van der Waals surface area contributed by atoms with Gasteiger partial charge in [-0.2, -0.15) is 0 Å². The minimum absolute atomic E-state index is 0.718. The minimum Gasteiger partial charge on any atom is -0.481 e. The molecular formula is C24H24N2O. The zero-order valence-corrected chi connectivity index (χ0v) is 16.1. The van der Waals surface area contributed by atoms with Crippen molar-refractivity contribution in [1.82, 2.24) is 9.55 Å². The van der Waals surface area contributed by atoms with Gasteiger partial charge in [0.2, 0.25) is 5.88 Å². The Morgan fingerprint density at radius 1 is 0.963 bits per heavy atom. The smallest absolute Gasteiger partial charge is 0.216 e. The molecule has 3 heteroatoms. The van der Waals surface area contributed by atoms with Gasteiger partial charge in [0.15, 0.2) is 0 Å². The number of aromatic nitrogens is 2. The van der Waals surface area contributed by atoms with Gasteiger partial charge in [0.25, 0.3) is 0 Å². The fourth-order valence-electron chi connectivity index (χ4n) is 3.74. The van der Waals surface area contributed by atoms with E-state index in [1.807, 2.05) is 6.92 Å². The first-order valence-corrected chi connectivity index (χ1v) is 9.39. The van der Waals surface area contributed by atoms with Crippen LogP contribution in [0.3, 0.4) is 0 Å². The van der Waals surface area contributed by atoms with Crippen molar-refractivity contribution in [3.8, 4) is 11.6 Å². The first kappa shape index (κ1) is 17.3. The fourth-order valence-corrected chi connectivity index (χ4v) is 3.74. The number of ether oxygens (including phenoxy) is 1. The lowest BCUT2D eigenvalue weighted by molar-refractivity contribution is 0.392. The number of hydrogen-bond donors (Lipinski definition) is 0. The molecule has 0 radical (unpaired) electrons. The molecule has 0 spiro atoms. The number of benzene rings is 2. The molecule has 0 atom stereocenters. The Balaban J connectivity index is 1.80. The van der Waals surface area contributed by atoms with Crippen LogP contribution < -0.4 is 4.74 Å². The summed E-state index contributed by atoms with van der Waals surface area (Å²) in [7, 11) is 1.70. The fraction of sp³-hybridized carbons (Fsp3) is 0.208. The molecule has 27 heavy (non-hydrogen) atoms. The molecule has 2 heterocycles. The first-order valence-electron chi connectivity index (χ1n) is 9.39. The van der Waals surface area contributed by atoms with Gasteiger partial charge in [-0.05, 0) is 48.6 Å². The van der Waals surface area contributed by atoms with Gasteiger partial charge < -0.3 is 9.30 Å². The number of pyridine rings is 1. The summed E-state index contributed by atoms with van der Waals surface area (Å²) in [4.78, 5) is 4.66. The Morgan fingerprint density at radius 2 is 1.78 bits per heavy atom. The summed E-state index contributed by atoms with van der Waals surface area (Å²) >= 11 is 0. The highest BCUT2D eigenvalue weighted by Gasteiger charge is 2.13. The van der Waals surface area contributed by atoms with Crippen molar-refractivity contribution in [1.29, 1.82) is 0 Å². The lowest BCUT2D eigenvalue weighted by atomic mass is 10.0. The van der Waals surface area contributed by atoms with Crippen LogP contribution in [0.25, 0.3) is 16.5 Å². The van der Waals surface area contributed by atoms with Crippen LogP contribution >= 0.6 is 0 Å². The van der Waals surface area contributed by atoms with E-state index >= 15 is 0 Å². The molecule has 0 aliphatic rings. The molecule has 0 amide bonds. The van der Waals surface area contributed by atoms with Crippen LogP contribution in [0, 0.1) is 6.92 Å². The van der Waals surface area contributed by atoms with E-state index in [1.54, 1.807) is 7.11 Å². The molecule has 136 valence electrons. The third kappa shape index (κ3) is 3.21. The lowest BCUT2D eigenvalue weighted by Crippen LogP contribution is -2.05. The van der Waals surface area contributed by atoms with Crippen LogP contribution in [0.2, 0.25) is 0 Å². The third-order valence-corrected chi connectivity index (χ3v) is 5.16. The van der Waals surface area contributed by atoms with Gasteiger partial charge in [-0.15, -0.1) is 0 Å². The number of aryl methyl sites for hydroxylation is 2. The van der Waals surface area contributed by atoms with E-state index in [2.05, 4.69) is 83.3 Å². The number of methoxy groups -OCH3 is 1. The molecule has 0 saturated heterocycles.